The molecule has 0 N–H and O–H groups in total. The first-order valence-electron chi connectivity index (χ1n) is 8.76. The summed E-state index contributed by atoms with van der Waals surface area (Å²) >= 11 is 0. The normalized spacial score (nSPS) is 17.8. The lowest BCUT2D eigenvalue weighted by molar-refractivity contribution is 0.0663. The van der Waals surface area contributed by atoms with Crippen molar-refractivity contribution in [1.82, 2.24) is 15.0 Å². The Kier molecular flexibility index (Phi) is 4.22. The molecule has 1 atom stereocenters. The van der Waals surface area contributed by atoms with Gasteiger partial charge in [-0.1, -0.05) is 23.4 Å². The van der Waals surface area contributed by atoms with Crippen molar-refractivity contribution in [2.24, 2.45) is 5.92 Å². The minimum absolute atomic E-state index is 0.0267. The van der Waals surface area contributed by atoms with Crippen LogP contribution >= 0.6 is 0 Å². The number of rotatable bonds is 3. The minimum atomic E-state index is -0.0267. The summed E-state index contributed by atoms with van der Waals surface area (Å²) in [5.74, 6) is 1.10. The van der Waals surface area contributed by atoms with Crippen molar-refractivity contribution in [2.75, 3.05) is 13.1 Å². The maximum atomic E-state index is 12.6. The highest BCUT2D eigenvalue weighted by atomic mass is 16.5. The Labute approximate surface area is 146 Å². The molecule has 1 aliphatic heterocycles. The van der Waals surface area contributed by atoms with E-state index in [2.05, 4.69) is 28.3 Å². The van der Waals surface area contributed by atoms with Crippen molar-refractivity contribution in [2.45, 2.75) is 26.2 Å². The van der Waals surface area contributed by atoms with Crippen molar-refractivity contribution in [3.05, 3.63) is 59.6 Å². The summed E-state index contributed by atoms with van der Waals surface area (Å²) in [6.07, 6.45) is 4.95. The van der Waals surface area contributed by atoms with Gasteiger partial charge in [-0.15, -0.1) is 0 Å². The highest BCUT2D eigenvalue weighted by Crippen LogP contribution is 2.25. The van der Waals surface area contributed by atoms with Crippen LogP contribution in [-0.2, 0) is 6.42 Å². The maximum Gasteiger partial charge on any atom is 0.276 e. The smallest absolute Gasteiger partial charge is 0.276 e. The SMILES string of the molecule is Cc1cc(C(=O)N2CCCC(Cc3cccc4ncccc34)C2)no1. The third kappa shape index (κ3) is 3.27. The molecule has 3 aromatic rings. The van der Waals surface area contributed by atoms with Crippen LogP contribution in [0.4, 0.5) is 0 Å². The fourth-order valence-corrected chi connectivity index (χ4v) is 3.70. The number of nitrogens with zero attached hydrogens (tertiary/aromatic N) is 3. The third-order valence-electron chi connectivity index (χ3n) is 4.90. The number of amides is 1. The van der Waals surface area contributed by atoms with Crippen LogP contribution in [0.3, 0.4) is 0 Å². The van der Waals surface area contributed by atoms with Crippen molar-refractivity contribution < 1.29 is 9.32 Å². The van der Waals surface area contributed by atoms with Crippen LogP contribution in [-0.4, -0.2) is 34.0 Å². The molecule has 1 aliphatic rings. The number of aryl methyl sites for hydroxylation is 1. The van der Waals surface area contributed by atoms with Crippen LogP contribution in [0, 0.1) is 12.8 Å². The van der Waals surface area contributed by atoms with Gasteiger partial charge in [0.25, 0.3) is 5.91 Å². The quantitative estimate of drug-likeness (QED) is 0.733. The fourth-order valence-electron chi connectivity index (χ4n) is 3.70. The van der Waals surface area contributed by atoms with Gasteiger partial charge in [-0.05, 0) is 49.8 Å². The van der Waals surface area contributed by atoms with E-state index in [1.807, 2.05) is 23.2 Å². The van der Waals surface area contributed by atoms with Crippen molar-refractivity contribution in [1.29, 1.82) is 0 Å². The average Bonchev–Trinajstić information content (AvgIpc) is 3.08. The molecule has 5 heteroatoms. The summed E-state index contributed by atoms with van der Waals surface area (Å²) in [7, 11) is 0. The van der Waals surface area contributed by atoms with E-state index in [0.29, 0.717) is 17.4 Å². The second kappa shape index (κ2) is 6.67. The lowest BCUT2D eigenvalue weighted by Gasteiger charge is -2.32. The Morgan fingerprint density at radius 2 is 2.24 bits per heavy atom. The van der Waals surface area contributed by atoms with E-state index in [1.165, 1.54) is 10.9 Å². The number of carbonyl (C=O) groups excluding carboxylic acids is 1. The molecule has 1 saturated heterocycles. The summed E-state index contributed by atoms with van der Waals surface area (Å²) in [4.78, 5) is 19.0. The summed E-state index contributed by atoms with van der Waals surface area (Å²) in [6, 6.07) is 12.1. The minimum Gasteiger partial charge on any atom is -0.361 e. The largest absolute Gasteiger partial charge is 0.361 e. The first kappa shape index (κ1) is 15.8. The molecule has 2 aromatic heterocycles. The molecule has 1 unspecified atom stereocenters. The molecule has 4 rings (SSSR count). The molecule has 1 amide bonds. The summed E-state index contributed by atoms with van der Waals surface area (Å²) in [5.41, 5.74) is 2.75. The molecule has 0 saturated carbocycles. The Balaban J connectivity index is 1.50. The Morgan fingerprint density at radius 1 is 1.32 bits per heavy atom. The highest BCUT2D eigenvalue weighted by molar-refractivity contribution is 5.92. The van der Waals surface area contributed by atoms with E-state index in [0.717, 1.165) is 37.9 Å². The predicted molar refractivity (Wildman–Crippen MR) is 95.3 cm³/mol. The third-order valence-corrected chi connectivity index (χ3v) is 4.90. The van der Waals surface area contributed by atoms with E-state index >= 15 is 0 Å². The standard InChI is InChI=1S/C20H21N3O2/c1-14-11-19(22-25-14)20(24)23-10-4-5-15(13-23)12-16-6-2-8-18-17(16)7-3-9-21-18/h2-3,6-9,11,15H,4-5,10,12-13H2,1H3. The number of piperidine rings is 1. The Hall–Kier alpha value is -2.69. The molecule has 0 bridgehead atoms. The second-order valence-corrected chi connectivity index (χ2v) is 6.77. The number of aromatic nitrogens is 2. The number of fused-ring (bicyclic) bond motifs is 1. The predicted octanol–water partition coefficient (Wildman–Crippen LogP) is 3.63. The molecule has 25 heavy (non-hydrogen) atoms. The molecule has 0 radical (unpaired) electrons. The van der Waals surface area contributed by atoms with Gasteiger partial charge in [0.15, 0.2) is 5.69 Å². The number of benzene rings is 1. The van der Waals surface area contributed by atoms with E-state index in [9.17, 15) is 4.79 Å². The number of hydrogen-bond donors (Lipinski definition) is 0. The number of hydrogen-bond acceptors (Lipinski definition) is 4. The molecule has 0 aliphatic carbocycles. The number of carbonyl (C=O) groups is 1. The zero-order valence-corrected chi connectivity index (χ0v) is 14.3. The monoisotopic (exact) mass is 335 g/mol. The van der Waals surface area contributed by atoms with Crippen molar-refractivity contribution in [3.63, 3.8) is 0 Å². The first-order chi connectivity index (χ1) is 12.2. The van der Waals surface area contributed by atoms with E-state index in [1.54, 1.807) is 13.0 Å². The van der Waals surface area contributed by atoms with Gasteiger partial charge in [0.05, 0.1) is 5.52 Å². The van der Waals surface area contributed by atoms with Crippen LogP contribution in [0.1, 0.15) is 34.7 Å². The van der Waals surface area contributed by atoms with Gasteiger partial charge < -0.3 is 9.42 Å². The molecular formula is C20H21N3O2. The molecule has 1 aromatic carbocycles. The van der Waals surface area contributed by atoms with Gasteiger partial charge in [0, 0.05) is 30.7 Å². The van der Waals surface area contributed by atoms with Gasteiger partial charge in [-0.3, -0.25) is 9.78 Å². The van der Waals surface area contributed by atoms with Gasteiger partial charge in [-0.25, -0.2) is 0 Å². The Morgan fingerprint density at radius 3 is 3.08 bits per heavy atom. The highest BCUT2D eigenvalue weighted by Gasteiger charge is 2.26. The van der Waals surface area contributed by atoms with Gasteiger partial charge in [-0.2, -0.15) is 0 Å². The lowest BCUT2D eigenvalue weighted by Crippen LogP contribution is -2.40. The molecular weight excluding hydrogens is 314 g/mol. The van der Waals surface area contributed by atoms with E-state index < -0.39 is 0 Å². The molecule has 5 nitrogen and oxygen atoms in total. The fraction of sp³-hybridized carbons (Fsp3) is 0.350. The number of pyridine rings is 1. The second-order valence-electron chi connectivity index (χ2n) is 6.77. The van der Waals surface area contributed by atoms with Gasteiger partial charge >= 0.3 is 0 Å². The van der Waals surface area contributed by atoms with E-state index in [4.69, 9.17) is 4.52 Å². The van der Waals surface area contributed by atoms with E-state index in [-0.39, 0.29) is 5.91 Å². The lowest BCUT2D eigenvalue weighted by atomic mass is 9.89. The van der Waals surface area contributed by atoms with Crippen molar-refractivity contribution in [3.8, 4) is 0 Å². The first-order valence-corrected chi connectivity index (χ1v) is 8.76. The summed E-state index contributed by atoms with van der Waals surface area (Å²) in [5, 5.41) is 5.08. The van der Waals surface area contributed by atoms with Crippen LogP contribution in [0.5, 0.6) is 0 Å². The molecule has 3 heterocycles. The zero-order valence-electron chi connectivity index (χ0n) is 14.3. The molecule has 128 valence electrons. The molecule has 1 fully saturated rings. The topological polar surface area (TPSA) is 59.2 Å². The molecule has 0 spiro atoms. The number of likely N-dealkylation sites (tertiary alicyclic amines) is 1. The van der Waals surface area contributed by atoms with Gasteiger partial charge in [0.2, 0.25) is 0 Å². The van der Waals surface area contributed by atoms with Crippen molar-refractivity contribution >= 4 is 16.8 Å². The van der Waals surface area contributed by atoms with Crippen LogP contribution in [0.2, 0.25) is 0 Å². The van der Waals surface area contributed by atoms with Crippen LogP contribution in [0.15, 0.2) is 47.1 Å². The summed E-state index contributed by atoms with van der Waals surface area (Å²) < 4.78 is 5.04. The summed E-state index contributed by atoms with van der Waals surface area (Å²) in [6.45, 7) is 3.36. The maximum absolute atomic E-state index is 12.6. The van der Waals surface area contributed by atoms with Crippen LogP contribution < -0.4 is 0 Å². The van der Waals surface area contributed by atoms with Gasteiger partial charge in [0.1, 0.15) is 5.76 Å². The van der Waals surface area contributed by atoms with Crippen LogP contribution in [0.25, 0.3) is 10.9 Å². The average molecular weight is 335 g/mol. The zero-order chi connectivity index (χ0) is 17.2. The Bertz CT molecular complexity index is 897.